The van der Waals surface area contributed by atoms with Crippen molar-refractivity contribution < 1.29 is 14.6 Å². The van der Waals surface area contributed by atoms with Gasteiger partial charge in [-0.2, -0.15) is 5.26 Å². The smallest absolute Gasteiger partial charge is 0.205 e. The van der Waals surface area contributed by atoms with Crippen molar-refractivity contribution in [2.75, 3.05) is 0 Å². The van der Waals surface area contributed by atoms with Crippen molar-refractivity contribution in [2.24, 2.45) is 5.73 Å². The first-order valence-corrected chi connectivity index (χ1v) is 6.74. The number of ketones is 1. The topological polar surface area (TPSA) is 96.3 Å². The molecular formula is C16H14N2O3. The SMILES string of the molecule is N#CC1=C(N)OC2=C(CCCC2=O)[C@@H]1c1cccc(O)c1. The van der Waals surface area contributed by atoms with E-state index >= 15 is 0 Å². The van der Waals surface area contributed by atoms with Crippen LogP contribution in [0.2, 0.25) is 0 Å². The van der Waals surface area contributed by atoms with Gasteiger partial charge in [0.1, 0.15) is 17.4 Å². The Balaban J connectivity index is 2.18. The third kappa shape index (κ3) is 2.15. The molecule has 5 heteroatoms. The van der Waals surface area contributed by atoms with Crippen LogP contribution < -0.4 is 5.73 Å². The predicted octanol–water partition coefficient (Wildman–Crippen LogP) is 2.21. The van der Waals surface area contributed by atoms with Gasteiger partial charge in [-0.25, -0.2) is 0 Å². The molecule has 1 heterocycles. The van der Waals surface area contributed by atoms with Crippen molar-refractivity contribution in [3.05, 3.63) is 52.6 Å². The fourth-order valence-electron chi connectivity index (χ4n) is 2.92. The summed E-state index contributed by atoms with van der Waals surface area (Å²) in [6.07, 6.45) is 1.84. The number of carbonyl (C=O) groups is 1. The molecule has 0 unspecified atom stereocenters. The van der Waals surface area contributed by atoms with E-state index in [-0.39, 0.29) is 28.7 Å². The van der Waals surface area contributed by atoms with E-state index in [0.29, 0.717) is 12.8 Å². The quantitative estimate of drug-likeness (QED) is 0.823. The number of benzene rings is 1. The molecule has 0 saturated carbocycles. The molecule has 0 radical (unpaired) electrons. The molecule has 106 valence electrons. The summed E-state index contributed by atoms with van der Waals surface area (Å²) in [6, 6.07) is 8.73. The summed E-state index contributed by atoms with van der Waals surface area (Å²) in [5.41, 5.74) is 7.61. The van der Waals surface area contributed by atoms with Crippen LogP contribution in [0.5, 0.6) is 5.75 Å². The summed E-state index contributed by atoms with van der Waals surface area (Å²) in [7, 11) is 0. The Hall–Kier alpha value is -2.74. The summed E-state index contributed by atoms with van der Waals surface area (Å²) < 4.78 is 5.39. The maximum atomic E-state index is 12.0. The van der Waals surface area contributed by atoms with E-state index in [4.69, 9.17) is 10.5 Å². The zero-order valence-electron chi connectivity index (χ0n) is 11.3. The van der Waals surface area contributed by atoms with E-state index in [1.165, 1.54) is 0 Å². The second-order valence-corrected chi connectivity index (χ2v) is 5.15. The van der Waals surface area contributed by atoms with Gasteiger partial charge in [0.2, 0.25) is 5.88 Å². The van der Waals surface area contributed by atoms with Crippen molar-refractivity contribution >= 4 is 5.78 Å². The van der Waals surface area contributed by atoms with Crippen LogP contribution in [0.25, 0.3) is 0 Å². The zero-order valence-corrected chi connectivity index (χ0v) is 11.3. The van der Waals surface area contributed by atoms with E-state index in [1.807, 2.05) is 6.07 Å². The van der Waals surface area contributed by atoms with Gasteiger partial charge in [-0.15, -0.1) is 0 Å². The van der Waals surface area contributed by atoms with Crippen LogP contribution in [-0.2, 0) is 9.53 Å². The van der Waals surface area contributed by atoms with E-state index in [0.717, 1.165) is 17.6 Å². The Bertz CT molecular complexity index is 725. The number of aromatic hydroxyl groups is 1. The molecule has 5 nitrogen and oxygen atoms in total. The molecule has 3 rings (SSSR count). The highest BCUT2D eigenvalue weighted by Gasteiger charge is 2.36. The first-order chi connectivity index (χ1) is 10.1. The van der Waals surface area contributed by atoms with E-state index in [9.17, 15) is 15.2 Å². The number of Topliss-reactive ketones (excluding diaryl/α,β-unsaturated/α-hetero) is 1. The molecular weight excluding hydrogens is 268 g/mol. The standard InChI is InChI=1S/C16H14N2O3/c17-8-12-14(9-3-1-4-10(19)7-9)11-5-2-6-13(20)15(11)21-16(12)18/h1,3-4,7,14,19H,2,5-6,18H2/t14-/m0/s1. The second-order valence-electron chi connectivity index (χ2n) is 5.15. The molecule has 1 aromatic carbocycles. The predicted molar refractivity (Wildman–Crippen MR) is 74.6 cm³/mol. The first-order valence-electron chi connectivity index (χ1n) is 6.74. The molecule has 1 atom stereocenters. The average Bonchev–Trinajstić information content (AvgIpc) is 2.47. The number of hydrogen-bond acceptors (Lipinski definition) is 5. The summed E-state index contributed by atoms with van der Waals surface area (Å²) in [4.78, 5) is 12.0. The number of hydrogen-bond donors (Lipinski definition) is 2. The van der Waals surface area contributed by atoms with Crippen LogP contribution in [0.4, 0.5) is 0 Å². The molecule has 1 aliphatic heterocycles. The number of carbonyl (C=O) groups excluding carboxylic acids is 1. The van der Waals surface area contributed by atoms with Gasteiger partial charge in [-0.3, -0.25) is 4.79 Å². The minimum atomic E-state index is -0.421. The lowest BCUT2D eigenvalue weighted by molar-refractivity contribution is -0.119. The van der Waals surface area contributed by atoms with Gasteiger partial charge >= 0.3 is 0 Å². The van der Waals surface area contributed by atoms with Crippen LogP contribution in [0.15, 0.2) is 47.1 Å². The number of rotatable bonds is 1. The summed E-state index contributed by atoms with van der Waals surface area (Å²) in [6.45, 7) is 0. The van der Waals surface area contributed by atoms with Crippen molar-refractivity contribution in [3.8, 4) is 11.8 Å². The molecule has 0 spiro atoms. The van der Waals surface area contributed by atoms with Crippen LogP contribution in [0.3, 0.4) is 0 Å². The van der Waals surface area contributed by atoms with Gasteiger partial charge in [-0.1, -0.05) is 12.1 Å². The normalized spacial score (nSPS) is 21.7. The van der Waals surface area contributed by atoms with E-state index in [1.54, 1.807) is 18.2 Å². The Morgan fingerprint density at radius 3 is 2.90 bits per heavy atom. The first kappa shape index (κ1) is 13.3. The van der Waals surface area contributed by atoms with Gasteiger partial charge < -0.3 is 15.6 Å². The van der Waals surface area contributed by atoms with Gasteiger partial charge in [0, 0.05) is 12.3 Å². The highest BCUT2D eigenvalue weighted by atomic mass is 16.5. The molecule has 2 aliphatic rings. The number of phenolic OH excluding ortho intramolecular Hbond substituents is 1. The zero-order chi connectivity index (χ0) is 15.0. The van der Waals surface area contributed by atoms with Crippen molar-refractivity contribution in [3.63, 3.8) is 0 Å². The maximum Gasteiger partial charge on any atom is 0.205 e. The van der Waals surface area contributed by atoms with Gasteiger partial charge in [0.15, 0.2) is 11.5 Å². The summed E-state index contributed by atoms with van der Waals surface area (Å²) in [5.74, 6) is -0.151. The number of phenols is 1. The minimum absolute atomic E-state index is 0.0279. The molecule has 21 heavy (non-hydrogen) atoms. The molecule has 0 fully saturated rings. The lowest BCUT2D eigenvalue weighted by Gasteiger charge is -2.31. The Morgan fingerprint density at radius 1 is 1.38 bits per heavy atom. The lowest BCUT2D eigenvalue weighted by atomic mass is 9.78. The summed E-state index contributed by atoms with van der Waals surface area (Å²) in [5, 5.41) is 19.1. The second kappa shape index (κ2) is 4.98. The molecule has 0 saturated heterocycles. The lowest BCUT2D eigenvalue weighted by Crippen LogP contribution is -2.26. The van der Waals surface area contributed by atoms with Crippen LogP contribution in [-0.4, -0.2) is 10.9 Å². The molecule has 0 bridgehead atoms. The minimum Gasteiger partial charge on any atom is -0.508 e. The molecule has 0 amide bonds. The van der Waals surface area contributed by atoms with E-state index < -0.39 is 5.92 Å². The molecule has 3 N–H and O–H groups in total. The molecule has 1 aromatic rings. The van der Waals surface area contributed by atoms with Crippen molar-refractivity contribution in [1.29, 1.82) is 5.26 Å². The van der Waals surface area contributed by atoms with Crippen LogP contribution in [0.1, 0.15) is 30.7 Å². The average molecular weight is 282 g/mol. The van der Waals surface area contributed by atoms with Gasteiger partial charge in [0.05, 0.1) is 0 Å². The number of nitrogens with two attached hydrogens (primary N) is 1. The Labute approximate surface area is 121 Å². The number of allylic oxidation sites excluding steroid dienone is 3. The fourth-order valence-corrected chi connectivity index (χ4v) is 2.92. The monoisotopic (exact) mass is 282 g/mol. The van der Waals surface area contributed by atoms with Gasteiger partial charge in [-0.05, 0) is 36.1 Å². The summed E-state index contributed by atoms with van der Waals surface area (Å²) >= 11 is 0. The molecule has 0 aromatic heterocycles. The number of nitriles is 1. The van der Waals surface area contributed by atoms with Gasteiger partial charge in [0.25, 0.3) is 0 Å². The van der Waals surface area contributed by atoms with E-state index in [2.05, 4.69) is 6.07 Å². The maximum absolute atomic E-state index is 12.0. The number of ether oxygens (including phenoxy) is 1. The Morgan fingerprint density at radius 2 is 2.19 bits per heavy atom. The number of nitrogens with zero attached hydrogens (tertiary/aromatic N) is 1. The van der Waals surface area contributed by atoms with Crippen molar-refractivity contribution in [1.82, 2.24) is 0 Å². The van der Waals surface area contributed by atoms with Crippen molar-refractivity contribution in [2.45, 2.75) is 25.2 Å². The molecule has 1 aliphatic carbocycles. The third-order valence-corrected chi connectivity index (χ3v) is 3.83. The highest BCUT2D eigenvalue weighted by molar-refractivity contribution is 5.96. The highest BCUT2D eigenvalue weighted by Crippen LogP contribution is 2.44. The largest absolute Gasteiger partial charge is 0.508 e. The third-order valence-electron chi connectivity index (χ3n) is 3.83. The van der Waals surface area contributed by atoms with Crippen LogP contribution >= 0.6 is 0 Å². The van der Waals surface area contributed by atoms with Crippen LogP contribution in [0, 0.1) is 11.3 Å². The fraction of sp³-hybridized carbons (Fsp3) is 0.250. The Kier molecular flexibility index (Phi) is 3.15.